The van der Waals surface area contributed by atoms with Crippen molar-refractivity contribution in [2.45, 2.75) is 17.6 Å². The van der Waals surface area contributed by atoms with Crippen molar-refractivity contribution in [1.82, 2.24) is 10.2 Å². The minimum absolute atomic E-state index is 0.514. The lowest BCUT2D eigenvalue weighted by Crippen LogP contribution is -1.94. The number of aromatic nitrogens is 2. The van der Waals surface area contributed by atoms with Crippen LogP contribution in [0.4, 0.5) is 0 Å². The van der Waals surface area contributed by atoms with Gasteiger partial charge < -0.3 is 9.15 Å². The molecule has 27 heavy (non-hydrogen) atoms. The summed E-state index contributed by atoms with van der Waals surface area (Å²) in [5.41, 5.74) is 3.24. The van der Waals surface area contributed by atoms with E-state index >= 15 is 0 Å². The molecule has 0 saturated heterocycles. The second-order valence-corrected chi connectivity index (χ2v) is 6.87. The van der Waals surface area contributed by atoms with Gasteiger partial charge in [0.15, 0.2) is 0 Å². The number of hydrogen-bond acceptors (Lipinski definition) is 5. The van der Waals surface area contributed by atoms with Crippen LogP contribution in [0, 0.1) is 0 Å². The van der Waals surface area contributed by atoms with Crippen molar-refractivity contribution in [3.63, 3.8) is 0 Å². The number of benzene rings is 3. The largest absolute Gasteiger partial charge is 0.489 e. The van der Waals surface area contributed by atoms with Gasteiger partial charge in [0.05, 0.1) is 0 Å². The van der Waals surface area contributed by atoms with Crippen molar-refractivity contribution in [3.8, 4) is 17.2 Å². The van der Waals surface area contributed by atoms with E-state index in [0.29, 0.717) is 17.7 Å². The zero-order chi connectivity index (χ0) is 18.3. The molecule has 0 atom stereocenters. The molecule has 1 heterocycles. The lowest BCUT2D eigenvalue weighted by Gasteiger charge is -2.06. The maximum atomic E-state index is 5.80. The van der Waals surface area contributed by atoms with Gasteiger partial charge in [0.1, 0.15) is 12.4 Å². The number of nitrogens with zero attached hydrogens (tertiary/aromatic N) is 2. The SMILES string of the molecule is c1ccc(COc2ccc(-c3nnc(SCc4ccccc4)o3)cc2)cc1. The molecule has 4 nitrogen and oxygen atoms in total. The van der Waals surface area contributed by atoms with Gasteiger partial charge in [-0.25, -0.2) is 0 Å². The quantitative estimate of drug-likeness (QED) is 0.394. The van der Waals surface area contributed by atoms with Crippen LogP contribution in [0.15, 0.2) is 94.6 Å². The minimum Gasteiger partial charge on any atom is -0.489 e. The lowest BCUT2D eigenvalue weighted by molar-refractivity contribution is 0.306. The average molecular weight is 374 g/mol. The van der Waals surface area contributed by atoms with E-state index < -0.39 is 0 Å². The van der Waals surface area contributed by atoms with Crippen molar-refractivity contribution in [2.24, 2.45) is 0 Å². The predicted molar refractivity (Wildman–Crippen MR) is 107 cm³/mol. The number of ether oxygens (including phenoxy) is 1. The highest BCUT2D eigenvalue weighted by molar-refractivity contribution is 7.98. The maximum Gasteiger partial charge on any atom is 0.277 e. The van der Waals surface area contributed by atoms with Crippen molar-refractivity contribution >= 4 is 11.8 Å². The fourth-order valence-electron chi connectivity index (χ4n) is 2.54. The van der Waals surface area contributed by atoms with Crippen LogP contribution in [0.3, 0.4) is 0 Å². The molecule has 0 unspecified atom stereocenters. The molecular weight excluding hydrogens is 356 g/mol. The minimum atomic E-state index is 0.514. The van der Waals surface area contributed by atoms with Crippen molar-refractivity contribution in [2.75, 3.05) is 0 Å². The Morgan fingerprint density at radius 1 is 0.741 bits per heavy atom. The van der Waals surface area contributed by atoms with E-state index in [-0.39, 0.29) is 0 Å². The van der Waals surface area contributed by atoms with Crippen LogP contribution < -0.4 is 4.74 Å². The van der Waals surface area contributed by atoms with Gasteiger partial charge in [-0.05, 0) is 35.4 Å². The summed E-state index contributed by atoms with van der Waals surface area (Å²) in [5.74, 6) is 2.12. The Morgan fingerprint density at radius 2 is 1.41 bits per heavy atom. The van der Waals surface area contributed by atoms with Gasteiger partial charge in [-0.15, -0.1) is 10.2 Å². The highest BCUT2D eigenvalue weighted by atomic mass is 32.2. The number of hydrogen-bond donors (Lipinski definition) is 0. The molecule has 0 radical (unpaired) electrons. The third-order valence-corrected chi connectivity index (χ3v) is 4.85. The topological polar surface area (TPSA) is 48.2 Å². The second-order valence-electron chi connectivity index (χ2n) is 5.95. The Hall–Kier alpha value is -3.05. The Balaban J connectivity index is 1.35. The molecule has 0 aliphatic heterocycles. The molecule has 0 saturated carbocycles. The van der Waals surface area contributed by atoms with E-state index in [2.05, 4.69) is 22.3 Å². The van der Waals surface area contributed by atoms with E-state index in [4.69, 9.17) is 9.15 Å². The van der Waals surface area contributed by atoms with E-state index in [0.717, 1.165) is 22.6 Å². The monoisotopic (exact) mass is 374 g/mol. The second kappa shape index (κ2) is 8.56. The van der Waals surface area contributed by atoms with Gasteiger partial charge in [-0.3, -0.25) is 0 Å². The Bertz CT molecular complexity index is 970. The third-order valence-electron chi connectivity index (χ3n) is 3.96. The molecule has 0 fully saturated rings. The van der Waals surface area contributed by atoms with Crippen molar-refractivity contribution < 1.29 is 9.15 Å². The first-order valence-corrected chi connectivity index (χ1v) is 9.63. The van der Waals surface area contributed by atoms with Gasteiger partial charge in [0, 0.05) is 11.3 Å². The van der Waals surface area contributed by atoms with E-state index in [9.17, 15) is 0 Å². The van der Waals surface area contributed by atoms with Gasteiger partial charge in [0.2, 0.25) is 5.89 Å². The molecule has 1 aromatic heterocycles. The normalized spacial score (nSPS) is 10.7. The van der Waals surface area contributed by atoms with Crippen LogP contribution >= 0.6 is 11.8 Å². The summed E-state index contributed by atoms with van der Waals surface area (Å²) in [6, 6.07) is 28.0. The molecule has 3 aromatic carbocycles. The zero-order valence-corrected chi connectivity index (χ0v) is 15.4. The lowest BCUT2D eigenvalue weighted by atomic mass is 10.2. The molecule has 0 bridgehead atoms. The molecule has 0 spiro atoms. The molecule has 0 aliphatic rings. The number of rotatable bonds is 7. The van der Waals surface area contributed by atoms with Crippen LogP contribution in [-0.2, 0) is 12.4 Å². The van der Waals surface area contributed by atoms with Crippen LogP contribution in [0.25, 0.3) is 11.5 Å². The third kappa shape index (κ3) is 4.77. The average Bonchev–Trinajstić information content (AvgIpc) is 3.22. The molecular formula is C22H18N2O2S. The first-order chi connectivity index (χ1) is 13.4. The van der Waals surface area contributed by atoms with Crippen molar-refractivity contribution in [3.05, 3.63) is 96.1 Å². The maximum absolute atomic E-state index is 5.80. The summed E-state index contributed by atoms with van der Waals surface area (Å²) in [5, 5.41) is 8.83. The summed E-state index contributed by atoms with van der Waals surface area (Å²) in [4.78, 5) is 0. The first-order valence-electron chi connectivity index (χ1n) is 8.64. The highest BCUT2D eigenvalue weighted by Gasteiger charge is 2.09. The van der Waals surface area contributed by atoms with Crippen LogP contribution in [0.2, 0.25) is 0 Å². The van der Waals surface area contributed by atoms with Gasteiger partial charge >= 0.3 is 0 Å². The fraction of sp³-hybridized carbons (Fsp3) is 0.0909. The van der Waals surface area contributed by atoms with E-state index in [1.54, 1.807) is 0 Å². The van der Waals surface area contributed by atoms with Crippen LogP contribution in [-0.4, -0.2) is 10.2 Å². The smallest absolute Gasteiger partial charge is 0.277 e. The van der Waals surface area contributed by atoms with Gasteiger partial charge in [-0.2, -0.15) is 0 Å². The molecule has 5 heteroatoms. The van der Waals surface area contributed by atoms with E-state index in [1.807, 2.05) is 72.8 Å². The fourth-order valence-corrected chi connectivity index (χ4v) is 3.26. The van der Waals surface area contributed by atoms with Crippen LogP contribution in [0.5, 0.6) is 5.75 Å². The summed E-state index contributed by atoms with van der Waals surface area (Å²) in [6.45, 7) is 0.543. The summed E-state index contributed by atoms with van der Waals surface area (Å²) < 4.78 is 11.6. The standard InChI is InChI=1S/C22H18N2O2S/c1-3-7-17(8-4-1)15-25-20-13-11-19(12-14-20)21-23-24-22(26-21)27-16-18-9-5-2-6-10-18/h1-14H,15-16H2. The zero-order valence-electron chi connectivity index (χ0n) is 14.6. The molecule has 0 aliphatic carbocycles. The van der Waals surface area contributed by atoms with E-state index in [1.165, 1.54) is 17.3 Å². The van der Waals surface area contributed by atoms with Gasteiger partial charge in [0.25, 0.3) is 5.22 Å². The molecule has 0 N–H and O–H groups in total. The molecule has 4 aromatic rings. The Labute approximate surface area is 162 Å². The first kappa shape index (κ1) is 17.4. The molecule has 4 rings (SSSR count). The Kier molecular flexibility index (Phi) is 5.50. The molecule has 134 valence electrons. The predicted octanol–water partition coefficient (Wildman–Crippen LogP) is 5.61. The van der Waals surface area contributed by atoms with Gasteiger partial charge in [-0.1, -0.05) is 72.4 Å². The van der Waals surface area contributed by atoms with Crippen LogP contribution in [0.1, 0.15) is 11.1 Å². The summed E-state index contributed by atoms with van der Waals surface area (Å²) in [7, 11) is 0. The van der Waals surface area contributed by atoms with Crippen molar-refractivity contribution in [1.29, 1.82) is 0 Å². The molecule has 0 amide bonds. The highest BCUT2D eigenvalue weighted by Crippen LogP contribution is 2.27. The summed E-state index contributed by atoms with van der Waals surface area (Å²) >= 11 is 1.53. The Morgan fingerprint density at radius 3 is 2.11 bits per heavy atom. The summed E-state index contributed by atoms with van der Waals surface area (Å²) in [6.07, 6.45) is 0. The number of thioether (sulfide) groups is 1.